The van der Waals surface area contributed by atoms with E-state index in [9.17, 15) is 4.79 Å². The number of methoxy groups -OCH3 is 1. The molecule has 0 heterocycles. The predicted molar refractivity (Wildman–Crippen MR) is 114 cm³/mol. The first kappa shape index (κ1) is 20.5. The molecule has 4 nitrogen and oxygen atoms in total. The average Bonchev–Trinajstić information content (AvgIpc) is 2.63. The zero-order valence-corrected chi connectivity index (χ0v) is 17.9. The second kappa shape index (κ2) is 10.4. The molecule has 2 rings (SSSR count). The van der Waals surface area contributed by atoms with Gasteiger partial charge in [0.1, 0.15) is 13.2 Å². The maximum Gasteiger partial charge on any atom is 0.331 e. The topological polar surface area (TPSA) is 44.8 Å². The van der Waals surface area contributed by atoms with E-state index in [1.54, 1.807) is 13.2 Å². The zero-order chi connectivity index (χ0) is 18.9. The third-order valence-electron chi connectivity index (χ3n) is 3.28. The van der Waals surface area contributed by atoms with Gasteiger partial charge in [-0.3, -0.25) is 0 Å². The fourth-order valence-electron chi connectivity index (χ4n) is 2.11. The first-order valence-corrected chi connectivity index (χ1v) is 9.61. The lowest BCUT2D eigenvalue weighted by molar-refractivity contribution is -0.136. The van der Waals surface area contributed by atoms with Gasteiger partial charge in [-0.1, -0.05) is 40.7 Å². The highest BCUT2D eigenvalue weighted by Gasteiger charge is 2.11. The van der Waals surface area contributed by atoms with E-state index < -0.39 is 5.97 Å². The number of carbonyl (C=O) groups is 1. The Bertz CT molecular complexity index is 817. The fourth-order valence-corrected chi connectivity index (χ4v) is 3.34. The quantitative estimate of drug-likeness (QED) is 0.200. The minimum absolute atomic E-state index is 0.187. The molecule has 0 aromatic heterocycles. The summed E-state index contributed by atoms with van der Waals surface area (Å²) in [6, 6.07) is 11.7. The van der Waals surface area contributed by atoms with Crippen LogP contribution in [0.2, 0.25) is 0 Å². The molecule has 2 aromatic carbocycles. The van der Waals surface area contributed by atoms with Gasteiger partial charge in [-0.15, -0.1) is 0 Å². The van der Waals surface area contributed by atoms with Crippen LogP contribution < -0.4 is 9.47 Å². The van der Waals surface area contributed by atoms with E-state index in [1.165, 1.54) is 12.2 Å². The highest BCUT2D eigenvalue weighted by atomic mass is 127. The average molecular weight is 529 g/mol. The Kier molecular flexibility index (Phi) is 8.18. The molecule has 0 atom stereocenters. The number of hydrogen-bond acceptors (Lipinski definition) is 4. The van der Waals surface area contributed by atoms with Crippen molar-refractivity contribution in [3.05, 3.63) is 74.3 Å². The fraction of sp³-hybridized carbons (Fsp3) is 0.150. The molecule has 26 heavy (non-hydrogen) atoms. The molecule has 0 unspecified atom stereocenters. The van der Waals surface area contributed by atoms with E-state index in [0.29, 0.717) is 18.1 Å². The van der Waals surface area contributed by atoms with Crippen molar-refractivity contribution >= 4 is 50.6 Å². The largest absolute Gasteiger partial charge is 0.493 e. The standard InChI is InChI=1S/C20H18BrIO4/c1-3-9-25-19(23)8-7-14-11-17(22)20(18(12-14)24-2)26-13-15-5-4-6-16(21)10-15/h3-8,10-12H,1,9,13H2,2H3/b8-7+. The summed E-state index contributed by atoms with van der Waals surface area (Å²) in [5, 5.41) is 0. The molecule has 0 spiro atoms. The predicted octanol–water partition coefficient (Wildman–Crippen LogP) is 5.38. The van der Waals surface area contributed by atoms with Crippen molar-refractivity contribution in [2.45, 2.75) is 6.61 Å². The van der Waals surface area contributed by atoms with Gasteiger partial charge in [0.25, 0.3) is 0 Å². The van der Waals surface area contributed by atoms with E-state index in [-0.39, 0.29) is 6.61 Å². The van der Waals surface area contributed by atoms with Crippen molar-refractivity contribution in [1.29, 1.82) is 0 Å². The van der Waals surface area contributed by atoms with Gasteiger partial charge >= 0.3 is 5.97 Å². The van der Waals surface area contributed by atoms with Gasteiger partial charge < -0.3 is 14.2 Å². The highest BCUT2D eigenvalue weighted by Crippen LogP contribution is 2.35. The number of esters is 1. The molecule has 6 heteroatoms. The summed E-state index contributed by atoms with van der Waals surface area (Å²) >= 11 is 5.64. The summed E-state index contributed by atoms with van der Waals surface area (Å²) in [5.41, 5.74) is 1.86. The molecule has 0 radical (unpaired) electrons. The van der Waals surface area contributed by atoms with Gasteiger partial charge in [0, 0.05) is 10.5 Å². The molecule has 0 aliphatic heterocycles. The number of benzene rings is 2. The molecule has 0 saturated carbocycles. The van der Waals surface area contributed by atoms with Gasteiger partial charge in [-0.2, -0.15) is 0 Å². The van der Waals surface area contributed by atoms with Crippen LogP contribution in [0.5, 0.6) is 11.5 Å². The van der Waals surface area contributed by atoms with Crippen LogP contribution in [0, 0.1) is 3.57 Å². The number of ether oxygens (including phenoxy) is 3. The van der Waals surface area contributed by atoms with Gasteiger partial charge in [0.05, 0.1) is 10.7 Å². The summed E-state index contributed by atoms with van der Waals surface area (Å²) in [6.07, 6.45) is 4.57. The third kappa shape index (κ3) is 6.17. The van der Waals surface area contributed by atoms with Crippen LogP contribution in [0.25, 0.3) is 6.08 Å². The maximum atomic E-state index is 11.6. The first-order chi connectivity index (χ1) is 12.5. The third-order valence-corrected chi connectivity index (χ3v) is 4.57. The molecule has 0 N–H and O–H groups in total. The summed E-state index contributed by atoms with van der Waals surface area (Å²) < 4.78 is 18.2. The molecular formula is C20H18BrIO4. The van der Waals surface area contributed by atoms with Crippen LogP contribution in [0.4, 0.5) is 0 Å². The van der Waals surface area contributed by atoms with Crippen LogP contribution in [-0.4, -0.2) is 19.7 Å². The molecular weight excluding hydrogens is 511 g/mol. The van der Waals surface area contributed by atoms with Gasteiger partial charge in [0.15, 0.2) is 11.5 Å². The number of rotatable bonds is 8. The Morgan fingerprint density at radius 3 is 2.81 bits per heavy atom. The number of carbonyl (C=O) groups excluding carboxylic acids is 1. The van der Waals surface area contributed by atoms with Crippen molar-refractivity contribution in [3.8, 4) is 11.5 Å². The summed E-state index contributed by atoms with van der Waals surface area (Å²) in [5.74, 6) is 0.847. The maximum absolute atomic E-state index is 11.6. The second-order valence-corrected chi connectivity index (χ2v) is 7.28. The molecule has 136 valence electrons. The van der Waals surface area contributed by atoms with Crippen LogP contribution >= 0.6 is 38.5 Å². The Hall–Kier alpha value is -1.80. The lowest BCUT2D eigenvalue weighted by atomic mass is 10.2. The molecule has 2 aromatic rings. The number of hydrogen-bond donors (Lipinski definition) is 0. The van der Waals surface area contributed by atoms with Gasteiger partial charge in [0.2, 0.25) is 0 Å². The van der Waals surface area contributed by atoms with E-state index in [4.69, 9.17) is 14.2 Å². The van der Waals surface area contributed by atoms with Gasteiger partial charge in [-0.05, 0) is 64.1 Å². The molecule has 0 aliphatic rings. The van der Waals surface area contributed by atoms with Crippen molar-refractivity contribution in [1.82, 2.24) is 0 Å². The smallest absolute Gasteiger partial charge is 0.331 e. The second-order valence-electron chi connectivity index (χ2n) is 5.20. The van der Waals surface area contributed by atoms with Crippen LogP contribution in [0.3, 0.4) is 0 Å². The highest BCUT2D eigenvalue weighted by molar-refractivity contribution is 14.1. The summed E-state index contributed by atoms with van der Waals surface area (Å²) in [4.78, 5) is 11.6. The minimum atomic E-state index is -0.422. The Balaban J connectivity index is 2.14. The van der Waals surface area contributed by atoms with E-state index in [1.807, 2.05) is 36.4 Å². The van der Waals surface area contributed by atoms with Crippen molar-refractivity contribution in [3.63, 3.8) is 0 Å². The summed E-state index contributed by atoms with van der Waals surface area (Å²) in [7, 11) is 1.59. The normalized spacial score (nSPS) is 10.6. The van der Waals surface area contributed by atoms with Crippen LogP contribution in [0.15, 0.2) is 59.6 Å². The lowest BCUT2D eigenvalue weighted by Crippen LogP contribution is -2.01. The summed E-state index contributed by atoms with van der Waals surface area (Å²) in [6.45, 7) is 4.12. The van der Waals surface area contributed by atoms with Crippen LogP contribution in [0.1, 0.15) is 11.1 Å². The first-order valence-electron chi connectivity index (χ1n) is 7.74. The molecule has 0 amide bonds. The number of halogens is 2. The Labute approximate surface area is 175 Å². The SMILES string of the molecule is C=CCOC(=O)/C=C/c1cc(I)c(OCc2cccc(Br)c2)c(OC)c1. The molecule has 0 bridgehead atoms. The zero-order valence-electron chi connectivity index (χ0n) is 14.2. The Morgan fingerprint density at radius 1 is 1.31 bits per heavy atom. The monoisotopic (exact) mass is 528 g/mol. The van der Waals surface area contributed by atoms with E-state index >= 15 is 0 Å². The van der Waals surface area contributed by atoms with Crippen molar-refractivity contribution in [2.75, 3.05) is 13.7 Å². The van der Waals surface area contributed by atoms with Crippen molar-refractivity contribution < 1.29 is 19.0 Å². The Morgan fingerprint density at radius 2 is 2.12 bits per heavy atom. The molecule has 0 aliphatic carbocycles. The van der Waals surface area contributed by atoms with E-state index in [2.05, 4.69) is 45.1 Å². The van der Waals surface area contributed by atoms with E-state index in [0.717, 1.165) is 19.2 Å². The minimum Gasteiger partial charge on any atom is -0.493 e. The van der Waals surface area contributed by atoms with Crippen LogP contribution in [-0.2, 0) is 16.1 Å². The molecule has 0 fully saturated rings. The lowest BCUT2D eigenvalue weighted by Gasteiger charge is -2.14. The van der Waals surface area contributed by atoms with Gasteiger partial charge in [-0.25, -0.2) is 4.79 Å². The molecule has 0 saturated heterocycles. The van der Waals surface area contributed by atoms with Crippen molar-refractivity contribution in [2.24, 2.45) is 0 Å².